The molecule has 2 rings (SSSR count). The summed E-state index contributed by atoms with van der Waals surface area (Å²) in [5.41, 5.74) is 7.87. The van der Waals surface area contributed by atoms with E-state index in [9.17, 15) is 0 Å². The lowest BCUT2D eigenvalue weighted by Gasteiger charge is -2.08. The van der Waals surface area contributed by atoms with Crippen molar-refractivity contribution < 1.29 is 4.74 Å². The molecule has 0 aliphatic rings. The molecule has 15 heavy (non-hydrogen) atoms. The molecule has 78 valence electrons. The molecule has 0 atom stereocenters. The van der Waals surface area contributed by atoms with Gasteiger partial charge in [-0.15, -0.1) is 0 Å². The Hall–Kier alpha value is -1.32. The second-order valence-corrected chi connectivity index (χ2v) is 4.01. The predicted molar refractivity (Wildman–Crippen MR) is 63.0 cm³/mol. The van der Waals surface area contributed by atoms with Gasteiger partial charge in [0.05, 0.1) is 0 Å². The third-order valence-corrected chi connectivity index (χ3v) is 2.90. The number of para-hydroxylation sites is 1. The van der Waals surface area contributed by atoms with Crippen molar-refractivity contribution >= 4 is 11.3 Å². The van der Waals surface area contributed by atoms with Gasteiger partial charge in [-0.2, -0.15) is 11.3 Å². The van der Waals surface area contributed by atoms with Crippen LogP contribution in [-0.2, 0) is 13.2 Å². The highest BCUT2D eigenvalue weighted by atomic mass is 32.1. The van der Waals surface area contributed by atoms with Crippen LogP contribution in [0.3, 0.4) is 0 Å². The van der Waals surface area contributed by atoms with E-state index in [-0.39, 0.29) is 0 Å². The maximum atomic E-state index is 5.70. The van der Waals surface area contributed by atoms with Crippen LogP contribution in [0.4, 0.5) is 0 Å². The van der Waals surface area contributed by atoms with Crippen LogP contribution < -0.4 is 10.5 Å². The smallest absolute Gasteiger partial charge is 0.124 e. The maximum absolute atomic E-state index is 5.70. The molecule has 1 aromatic heterocycles. The van der Waals surface area contributed by atoms with Crippen LogP contribution in [0.25, 0.3) is 0 Å². The Bertz CT molecular complexity index is 411. The first kappa shape index (κ1) is 10.2. The number of rotatable bonds is 4. The molecular weight excluding hydrogens is 206 g/mol. The first-order chi connectivity index (χ1) is 7.40. The van der Waals surface area contributed by atoms with E-state index in [0.717, 1.165) is 11.3 Å². The molecule has 0 saturated heterocycles. The Kier molecular flexibility index (Phi) is 3.37. The molecule has 0 aliphatic heterocycles. The number of hydrogen-bond donors (Lipinski definition) is 1. The average Bonchev–Trinajstić information content (AvgIpc) is 2.79. The molecule has 1 heterocycles. The molecule has 0 spiro atoms. The van der Waals surface area contributed by atoms with E-state index in [1.807, 2.05) is 29.6 Å². The molecule has 0 bridgehead atoms. The van der Waals surface area contributed by atoms with Crippen molar-refractivity contribution in [3.63, 3.8) is 0 Å². The van der Waals surface area contributed by atoms with E-state index in [0.29, 0.717) is 13.2 Å². The zero-order chi connectivity index (χ0) is 10.5. The van der Waals surface area contributed by atoms with Crippen molar-refractivity contribution in [3.8, 4) is 5.75 Å². The van der Waals surface area contributed by atoms with Gasteiger partial charge in [0.15, 0.2) is 0 Å². The lowest BCUT2D eigenvalue weighted by molar-refractivity contribution is 0.303. The Morgan fingerprint density at radius 2 is 2.07 bits per heavy atom. The molecule has 2 aromatic rings. The molecule has 2 nitrogen and oxygen atoms in total. The maximum Gasteiger partial charge on any atom is 0.124 e. The van der Waals surface area contributed by atoms with Gasteiger partial charge in [0.1, 0.15) is 12.4 Å². The topological polar surface area (TPSA) is 35.2 Å². The summed E-state index contributed by atoms with van der Waals surface area (Å²) < 4.78 is 5.70. The van der Waals surface area contributed by atoms with E-state index in [1.165, 1.54) is 5.56 Å². The fourth-order valence-electron chi connectivity index (χ4n) is 1.35. The van der Waals surface area contributed by atoms with E-state index < -0.39 is 0 Å². The Labute approximate surface area is 93.3 Å². The van der Waals surface area contributed by atoms with Gasteiger partial charge < -0.3 is 10.5 Å². The minimum atomic E-state index is 0.514. The number of benzene rings is 1. The zero-order valence-corrected chi connectivity index (χ0v) is 9.17. The normalized spacial score (nSPS) is 10.2. The summed E-state index contributed by atoms with van der Waals surface area (Å²) in [7, 11) is 0. The fraction of sp³-hybridized carbons (Fsp3) is 0.167. The standard InChI is InChI=1S/C12H13NOS/c13-7-11-3-1-2-4-12(11)14-8-10-5-6-15-9-10/h1-6,9H,7-8,13H2. The van der Waals surface area contributed by atoms with Crippen molar-refractivity contribution in [2.75, 3.05) is 0 Å². The molecule has 0 radical (unpaired) electrons. The van der Waals surface area contributed by atoms with Crippen molar-refractivity contribution in [1.82, 2.24) is 0 Å². The lowest BCUT2D eigenvalue weighted by Crippen LogP contribution is -2.01. The minimum Gasteiger partial charge on any atom is -0.489 e. The van der Waals surface area contributed by atoms with Crippen LogP contribution in [-0.4, -0.2) is 0 Å². The second kappa shape index (κ2) is 4.96. The van der Waals surface area contributed by atoms with Gasteiger partial charge in [-0.1, -0.05) is 18.2 Å². The van der Waals surface area contributed by atoms with Gasteiger partial charge in [-0.05, 0) is 28.5 Å². The Morgan fingerprint density at radius 1 is 1.20 bits per heavy atom. The summed E-state index contributed by atoms with van der Waals surface area (Å²) in [6.07, 6.45) is 0. The molecule has 0 fully saturated rings. The summed E-state index contributed by atoms with van der Waals surface area (Å²) in [6.45, 7) is 1.13. The van der Waals surface area contributed by atoms with Crippen LogP contribution >= 0.6 is 11.3 Å². The van der Waals surface area contributed by atoms with E-state index in [1.54, 1.807) is 11.3 Å². The number of ether oxygens (including phenoxy) is 1. The SMILES string of the molecule is NCc1ccccc1OCc1ccsc1. The monoisotopic (exact) mass is 219 g/mol. The molecule has 0 unspecified atom stereocenters. The van der Waals surface area contributed by atoms with E-state index >= 15 is 0 Å². The largest absolute Gasteiger partial charge is 0.489 e. The van der Waals surface area contributed by atoms with E-state index in [4.69, 9.17) is 10.5 Å². The zero-order valence-electron chi connectivity index (χ0n) is 8.35. The van der Waals surface area contributed by atoms with Crippen LogP contribution in [0.5, 0.6) is 5.75 Å². The van der Waals surface area contributed by atoms with Gasteiger partial charge in [0.2, 0.25) is 0 Å². The molecule has 2 N–H and O–H groups in total. The minimum absolute atomic E-state index is 0.514. The van der Waals surface area contributed by atoms with E-state index in [2.05, 4.69) is 11.4 Å². The lowest BCUT2D eigenvalue weighted by atomic mass is 10.2. The summed E-state index contributed by atoms with van der Waals surface area (Å²) in [4.78, 5) is 0. The number of thiophene rings is 1. The molecule has 0 amide bonds. The van der Waals surface area contributed by atoms with Crippen LogP contribution in [0, 0.1) is 0 Å². The van der Waals surface area contributed by atoms with Crippen LogP contribution in [0.1, 0.15) is 11.1 Å². The number of nitrogens with two attached hydrogens (primary N) is 1. The molecule has 0 aliphatic carbocycles. The summed E-state index contributed by atoms with van der Waals surface area (Å²) >= 11 is 1.68. The predicted octanol–water partition coefficient (Wildman–Crippen LogP) is 2.79. The van der Waals surface area contributed by atoms with Crippen molar-refractivity contribution in [2.45, 2.75) is 13.2 Å². The molecule has 0 saturated carbocycles. The van der Waals surface area contributed by atoms with Gasteiger partial charge in [-0.25, -0.2) is 0 Å². The molecule has 3 heteroatoms. The molecule has 1 aromatic carbocycles. The quantitative estimate of drug-likeness (QED) is 0.858. The first-order valence-electron chi connectivity index (χ1n) is 4.82. The third-order valence-electron chi connectivity index (χ3n) is 2.17. The fourth-order valence-corrected chi connectivity index (χ4v) is 2.00. The highest BCUT2D eigenvalue weighted by Crippen LogP contribution is 2.19. The molecular formula is C12H13NOS. The third kappa shape index (κ3) is 2.58. The van der Waals surface area contributed by atoms with Gasteiger partial charge in [0.25, 0.3) is 0 Å². The van der Waals surface area contributed by atoms with Crippen molar-refractivity contribution in [1.29, 1.82) is 0 Å². The second-order valence-electron chi connectivity index (χ2n) is 3.23. The number of hydrogen-bond acceptors (Lipinski definition) is 3. The Morgan fingerprint density at radius 3 is 2.80 bits per heavy atom. The summed E-state index contributed by atoms with van der Waals surface area (Å²) in [6, 6.07) is 9.94. The summed E-state index contributed by atoms with van der Waals surface area (Å²) in [5.74, 6) is 0.881. The van der Waals surface area contributed by atoms with Gasteiger partial charge in [-0.3, -0.25) is 0 Å². The highest BCUT2D eigenvalue weighted by Gasteiger charge is 2.01. The highest BCUT2D eigenvalue weighted by molar-refractivity contribution is 7.07. The first-order valence-corrected chi connectivity index (χ1v) is 5.76. The van der Waals surface area contributed by atoms with Crippen molar-refractivity contribution in [3.05, 3.63) is 52.2 Å². The van der Waals surface area contributed by atoms with Crippen LogP contribution in [0.15, 0.2) is 41.1 Å². The average molecular weight is 219 g/mol. The van der Waals surface area contributed by atoms with Crippen molar-refractivity contribution in [2.24, 2.45) is 5.73 Å². The summed E-state index contributed by atoms with van der Waals surface area (Å²) in [5, 5.41) is 4.14. The van der Waals surface area contributed by atoms with Gasteiger partial charge in [0, 0.05) is 12.1 Å². The van der Waals surface area contributed by atoms with Gasteiger partial charge >= 0.3 is 0 Å². The Balaban J connectivity index is 2.04. The van der Waals surface area contributed by atoms with Crippen LogP contribution in [0.2, 0.25) is 0 Å².